The first-order valence-electron chi connectivity index (χ1n) is 3.98. The molecule has 0 unspecified atom stereocenters. The summed E-state index contributed by atoms with van der Waals surface area (Å²) < 4.78 is 0. The van der Waals surface area contributed by atoms with E-state index in [4.69, 9.17) is 16.7 Å². The number of hydrogen-bond donors (Lipinski definition) is 1. The highest BCUT2D eigenvalue weighted by atomic mass is 35.5. The van der Waals surface area contributed by atoms with Crippen LogP contribution in [0.4, 0.5) is 0 Å². The normalized spacial score (nSPS) is 8.93. The van der Waals surface area contributed by atoms with E-state index >= 15 is 0 Å². The summed E-state index contributed by atoms with van der Waals surface area (Å²) >= 11 is 5.43. The van der Waals surface area contributed by atoms with E-state index in [9.17, 15) is 4.79 Å². The van der Waals surface area contributed by atoms with Gasteiger partial charge in [0.05, 0.1) is 5.56 Å². The van der Waals surface area contributed by atoms with E-state index in [0.29, 0.717) is 18.0 Å². The van der Waals surface area contributed by atoms with Gasteiger partial charge in [-0.05, 0) is 18.1 Å². The molecule has 0 aromatic carbocycles. The molecular formula is C10H8ClNO2. The first kappa shape index (κ1) is 10.6. The van der Waals surface area contributed by atoms with Crippen LogP contribution in [0.25, 0.3) is 0 Å². The Hall–Kier alpha value is -1.53. The highest BCUT2D eigenvalue weighted by molar-refractivity contribution is 6.18. The number of rotatable bonds is 2. The minimum Gasteiger partial charge on any atom is -0.478 e. The molecule has 3 nitrogen and oxygen atoms in total. The predicted octanol–water partition coefficient (Wildman–Crippen LogP) is 1.76. The summed E-state index contributed by atoms with van der Waals surface area (Å²) in [6, 6.07) is 3.05. The molecule has 1 aromatic rings. The van der Waals surface area contributed by atoms with Gasteiger partial charge < -0.3 is 5.11 Å². The molecule has 0 aliphatic rings. The first-order valence-corrected chi connectivity index (χ1v) is 4.51. The summed E-state index contributed by atoms with van der Waals surface area (Å²) in [7, 11) is 0. The third kappa shape index (κ3) is 3.08. The van der Waals surface area contributed by atoms with Crippen LogP contribution in [0.1, 0.15) is 22.5 Å². The van der Waals surface area contributed by atoms with Crippen LogP contribution < -0.4 is 0 Å². The number of aromatic carboxylic acids is 1. The molecule has 0 aliphatic carbocycles. The Bertz CT molecular complexity index is 375. The van der Waals surface area contributed by atoms with Gasteiger partial charge in [-0.1, -0.05) is 5.92 Å². The van der Waals surface area contributed by atoms with E-state index in [1.807, 2.05) is 0 Å². The number of carboxylic acids is 1. The fraction of sp³-hybridized carbons (Fsp3) is 0.200. The summed E-state index contributed by atoms with van der Waals surface area (Å²) in [5.74, 6) is 5.08. The maximum absolute atomic E-state index is 10.5. The number of aromatic nitrogens is 1. The summed E-state index contributed by atoms with van der Waals surface area (Å²) in [5, 5.41) is 8.60. The van der Waals surface area contributed by atoms with Crippen molar-refractivity contribution in [2.24, 2.45) is 0 Å². The van der Waals surface area contributed by atoms with E-state index < -0.39 is 5.97 Å². The molecule has 0 radical (unpaired) electrons. The molecule has 0 spiro atoms. The third-order valence-corrected chi connectivity index (χ3v) is 1.64. The van der Waals surface area contributed by atoms with Crippen molar-refractivity contribution in [3.05, 3.63) is 29.6 Å². The lowest BCUT2D eigenvalue weighted by molar-refractivity contribution is 0.0696. The maximum atomic E-state index is 10.5. The zero-order valence-electron chi connectivity index (χ0n) is 7.33. The Morgan fingerprint density at radius 3 is 2.86 bits per heavy atom. The van der Waals surface area contributed by atoms with Gasteiger partial charge in [0, 0.05) is 18.5 Å². The van der Waals surface area contributed by atoms with Crippen molar-refractivity contribution in [3.63, 3.8) is 0 Å². The van der Waals surface area contributed by atoms with Crippen LogP contribution >= 0.6 is 11.6 Å². The van der Waals surface area contributed by atoms with Gasteiger partial charge >= 0.3 is 5.97 Å². The Morgan fingerprint density at radius 2 is 2.36 bits per heavy atom. The van der Waals surface area contributed by atoms with Gasteiger partial charge in [-0.2, -0.15) is 0 Å². The zero-order valence-corrected chi connectivity index (χ0v) is 8.08. The van der Waals surface area contributed by atoms with Gasteiger partial charge in [-0.25, -0.2) is 9.78 Å². The second kappa shape index (κ2) is 5.25. The monoisotopic (exact) mass is 209 g/mol. The van der Waals surface area contributed by atoms with Gasteiger partial charge in [0.1, 0.15) is 5.69 Å². The van der Waals surface area contributed by atoms with E-state index in [2.05, 4.69) is 16.8 Å². The number of carboxylic acid groups (broad SMARTS) is 1. The van der Waals surface area contributed by atoms with Crippen LogP contribution in [0.15, 0.2) is 18.3 Å². The van der Waals surface area contributed by atoms with Gasteiger partial charge in [0.25, 0.3) is 0 Å². The molecule has 14 heavy (non-hydrogen) atoms. The lowest BCUT2D eigenvalue weighted by Crippen LogP contribution is -1.97. The fourth-order valence-corrected chi connectivity index (χ4v) is 0.889. The van der Waals surface area contributed by atoms with Crippen LogP contribution in [0, 0.1) is 11.8 Å². The van der Waals surface area contributed by atoms with Gasteiger partial charge in [0.2, 0.25) is 0 Å². The molecule has 0 amide bonds. The molecule has 0 saturated carbocycles. The number of nitrogens with zero attached hydrogens (tertiary/aromatic N) is 1. The highest BCUT2D eigenvalue weighted by Crippen LogP contribution is 1.98. The lowest BCUT2D eigenvalue weighted by Gasteiger charge is -1.92. The van der Waals surface area contributed by atoms with Crippen molar-refractivity contribution in [3.8, 4) is 11.8 Å². The van der Waals surface area contributed by atoms with Crippen molar-refractivity contribution < 1.29 is 9.90 Å². The number of hydrogen-bond acceptors (Lipinski definition) is 2. The smallest absolute Gasteiger partial charge is 0.337 e. The van der Waals surface area contributed by atoms with Gasteiger partial charge in [-0.15, -0.1) is 11.6 Å². The summed E-state index contributed by atoms with van der Waals surface area (Å²) in [5.41, 5.74) is 0.716. The minimum absolute atomic E-state index is 0.160. The van der Waals surface area contributed by atoms with Gasteiger partial charge in [-0.3, -0.25) is 0 Å². The van der Waals surface area contributed by atoms with E-state index in [1.54, 1.807) is 6.07 Å². The maximum Gasteiger partial charge on any atom is 0.337 e. The van der Waals surface area contributed by atoms with Crippen LogP contribution in [-0.2, 0) is 0 Å². The Balaban J connectivity index is 2.75. The van der Waals surface area contributed by atoms with Crippen molar-refractivity contribution >= 4 is 17.6 Å². The van der Waals surface area contributed by atoms with E-state index in [0.717, 1.165) is 0 Å². The Labute approximate surface area is 86.7 Å². The minimum atomic E-state index is -0.988. The van der Waals surface area contributed by atoms with Crippen LogP contribution in [0.2, 0.25) is 0 Å². The quantitative estimate of drug-likeness (QED) is 0.597. The largest absolute Gasteiger partial charge is 0.478 e. The molecule has 1 aromatic heterocycles. The van der Waals surface area contributed by atoms with Gasteiger partial charge in [0.15, 0.2) is 0 Å². The standard InChI is InChI=1S/C10H8ClNO2/c11-6-2-1-3-9-5-4-8(7-12-9)10(13)14/h4-5,7H,2,6H2,(H,13,14). The fourth-order valence-electron chi connectivity index (χ4n) is 0.795. The SMILES string of the molecule is O=C(O)c1ccc(C#CCCCl)nc1. The predicted molar refractivity (Wildman–Crippen MR) is 53.4 cm³/mol. The van der Waals surface area contributed by atoms with E-state index in [1.165, 1.54) is 12.3 Å². The average Bonchev–Trinajstić information content (AvgIpc) is 2.19. The molecule has 0 bridgehead atoms. The molecule has 0 fully saturated rings. The van der Waals surface area contributed by atoms with Crippen LogP contribution in [0.5, 0.6) is 0 Å². The molecule has 1 heterocycles. The molecule has 0 atom stereocenters. The first-order chi connectivity index (χ1) is 6.74. The lowest BCUT2D eigenvalue weighted by atomic mass is 10.2. The van der Waals surface area contributed by atoms with Crippen molar-refractivity contribution in [2.75, 3.05) is 5.88 Å². The molecule has 72 valence electrons. The zero-order chi connectivity index (χ0) is 10.4. The topological polar surface area (TPSA) is 50.2 Å². The molecule has 1 rings (SSSR count). The summed E-state index contributed by atoms with van der Waals surface area (Å²) in [6.45, 7) is 0. The summed E-state index contributed by atoms with van der Waals surface area (Å²) in [4.78, 5) is 14.4. The van der Waals surface area contributed by atoms with Crippen molar-refractivity contribution in [1.29, 1.82) is 0 Å². The van der Waals surface area contributed by atoms with Crippen LogP contribution in [0.3, 0.4) is 0 Å². The second-order valence-electron chi connectivity index (χ2n) is 2.48. The third-order valence-electron chi connectivity index (χ3n) is 1.45. The molecule has 4 heteroatoms. The molecule has 1 N–H and O–H groups in total. The average molecular weight is 210 g/mol. The Morgan fingerprint density at radius 1 is 1.57 bits per heavy atom. The highest BCUT2D eigenvalue weighted by Gasteiger charge is 2.00. The number of alkyl halides is 1. The molecule has 0 aliphatic heterocycles. The van der Waals surface area contributed by atoms with E-state index in [-0.39, 0.29) is 5.56 Å². The number of carbonyl (C=O) groups is 1. The number of pyridine rings is 1. The summed E-state index contributed by atoms with van der Waals surface area (Å²) in [6.07, 6.45) is 1.89. The second-order valence-corrected chi connectivity index (χ2v) is 2.86. The van der Waals surface area contributed by atoms with Crippen molar-refractivity contribution in [1.82, 2.24) is 4.98 Å². The number of halogens is 1. The van der Waals surface area contributed by atoms with Crippen molar-refractivity contribution in [2.45, 2.75) is 6.42 Å². The van der Waals surface area contributed by atoms with Crippen LogP contribution in [-0.4, -0.2) is 21.9 Å². The Kier molecular flexibility index (Phi) is 3.96. The molecular weight excluding hydrogens is 202 g/mol. The molecule has 0 saturated heterocycles.